The Morgan fingerprint density at radius 1 is 1.28 bits per heavy atom. The van der Waals surface area contributed by atoms with Gasteiger partial charge < -0.3 is 25.4 Å². The lowest BCUT2D eigenvalue weighted by atomic mass is 9.96. The molecule has 2 fully saturated rings. The summed E-state index contributed by atoms with van der Waals surface area (Å²) in [4.78, 5) is 27.5. The highest BCUT2D eigenvalue weighted by molar-refractivity contribution is 6.05. The van der Waals surface area contributed by atoms with E-state index in [9.17, 15) is 14.7 Å². The molecule has 0 radical (unpaired) electrons. The van der Waals surface area contributed by atoms with Crippen molar-refractivity contribution in [2.45, 2.75) is 89.4 Å². The second-order valence-electron chi connectivity index (χ2n) is 9.93. The summed E-state index contributed by atoms with van der Waals surface area (Å²) in [6, 6.07) is -0.621. The van der Waals surface area contributed by atoms with Gasteiger partial charge in [0.15, 0.2) is 0 Å². The average molecular weight is 447 g/mol. The van der Waals surface area contributed by atoms with Gasteiger partial charge in [0, 0.05) is 18.8 Å². The third-order valence-electron chi connectivity index (χ3n) is 6.38. The van der Waals surface area contributed by atoms with Gasteiger partial charge in [-0.1, -0.05) is 25.7 Å². The van der Waals surface area contributed by atoms with Gasteiger partial charge in [-0.3, -0.25) is 15.0 Å². The van der Waals surface area contributed by atoms with E-state index in [2.05, 4.69) is 10.6 Å². The molecule has 3 rings (SSSR count). The zero-order valence-corrected chi connectivity index (χ0v) is 19.4. The highest BCUT2D eigenvalue weighted by Gasteiger charge is 2.37. The van der Waals surface area contributed by atoms with E-state index in [-0.39, 0.29) is 23.8 Å². The molecule has 0 saturated heterocycles. The molecular formula is C24H38N4O4. The molecule has 2 saturated carbocycles. The normalized spacial score (nSPS) is 21.3. The number of carbonyl (C=O) groups excluding carboxylic acids is 2. The van der Waals surface area contributed by atoms with Gasteiger partial charge in [0.25, 0.3) is 5.91 Å². The summed E-state index contributed by atoms with van der Waals surface area (Å²) < 4.78 is 6.03. The van der Waals surface area contributed by atoms with Crippen LogP contribution in [0.1, 0.15) is 71.6 Å². The standard InChI is InChI=1S/C24H38N4O4/c1-24(2,31)16-26-12-11-21(25)27-23(30)20(13-17-7-3-4-8-17)28-15-19(14-22(28)29)32-18-9-5-6-10-18/h11-12,14,17-18,20,26,31H,3-10,13,15-16H2,1-2H3,(H2,25,27,30)/b12-11-/t20-/m0/s1. The number of ether oxygens (including phenoxy) is 1. The van der Waals surface area contributed by atoms with Crippen LogP contribution in [0.15, 0.2) is 24.1 Å². The van der Waals surface area contributed by atoms with Crippen LogP contribution in [0.4, 0.5) is 0 Å². The molecule has 0 unspecified atom stereocenters. The second kappa shape index (κ2) is 11.0. The van der Waals surface area contributed by atoms with E-state index in [4.69, 9.17) is 10.1 Å². The molecular weight excluding hydrogens is 408 g/mol. The summed E-state index contributed by atoms with van der Waals surface area (Å²) in [6.45, 7) is 4.00. The van der Waals surface area contributed by atoms with E-state index >= 15 is 0 Å². The molecule has 1 aliphatic heterocycles. The molecule has 0 bridgehead atoms. The maximum Gasteiger partial charge on any atom is 0.251 e. The summed E-state index contributed by atoms with van der Waals surface area (Å²) in [7, 11) is 0. The topological polar surface area (TPSA) is 115 Å². The van der Waals surface area contributed by atoms with Gasteiger partial charge in [-0.25, -0.2) is 0 Å². The molecule has 32 heavy (non-hydrogen) atoms. The van der Waals surface area contributed by atoms with Crippen molar-refractivity contribution < 1.29 is 19.4 Å². The van der Waals surface area contributed by atoms with Crippen molar-refractivity contribution in [3.63, 3.8) is 0 Å². The van der Waals surface area contributed by atoms with Crippen LogP contribution in [0.3, 0.4) is 0 Å². The number of hydrogen-bond donors (Lipinski definition) is 4. The number of rotatable bonds is 10. The Kier molecular flexibility index (Phi) is 8.34. The molecule has 8 heteroatoms. The third kappa shape index (κ3) is 7.36. The van der Waals surface area contributed by atoms with Crippen LogP contribution in [-0.2, 0) is 14.3 Å². The third-order valence-corrected chi connectivity index (χ3v) is 6.38. The van der Waals surface area contributed by atoms with Crippen molar-refractivity contribution in [2.24, 2.45) is 5.92 Å². The Labute approximate surface area is 191 Å². The largest absolute Gasteiger partial charge is 0.493 e. The van der Waals surface area contributed by atoms with Crippen LogP contribution in [0.5, 0.6) is 0 Å². The van der Waals surface area contributed by atoms with Gasteiger partial charge in [-0.2, -0.15) is 0 Å². The van der Waals surface area contributed by atoms with Crippen molar-refractivity contribution in [3.8, 4) is 0 Å². The zero-order chi connectivity index (χ0) is 23.1. The first-order valence-corrected chi connectivity index (χ1v) is 11.9. The number of amides is 2. The van der Waals surface area contributed by atoms with Crippen molar-refractivity contribution in [1.82, 2.24) is 15.5 Å². The fourth-order valence-corrected chi connectivity index (χ4v) is 4.71. The molecule has 1 atom stereocenters. The zero-order valence-electron chi connectivity index (χ0n) is 19.4. The lowest BCUT2D eigenvalue weighted by Crippen LogP contribution is -2.50. The molecule has 3 aliphatic rings. The van der Waals surface area contributed by atoms with Crippen molar-refractivity contribution in [2.75, 3.05) is 13.1 Å². The Hall–Kier alpha value is -2.35. The van der Waals surface area contributed by atoms with Crippen LogP contribution in [0.2, 0.25) is 0 Å². The van der Waals surface area contributed by atoms with Crippen LogP contribution in [0, 0.1) is 11.3 Å². The first kappa shape index (κ1) is 24.3. The van der Waals surface area contributed by atoms with Crippen molar-refractivity contribution >= 4 is 17.6 Å². The minimum atomic E-state index is -0.871. The van der Waals surface area contributed by atoms with Gasteiger partial charge >= 0.3 is 0 Å². The Balaban J connectivity index is 1.59. The molecule has 178 valence electrons. The molecule has 0 aromatic rings. The number of nitrogens with zero attached hydrogens (tertiary/aromatic N) is 1. The first-order valence-electron chi connectivity index (χ1n) is 11.9. The first-order chi connectivity index (χ1) is 15.2. The lowest BCUT2D eigenvalue weighted by molar-refractivity contribution is -0.135. The van der Waals surface area contributed by atoms with E-state index in [1.54, 1.807) is 18.7 Å². The van der Waals surface area contributed by atoms with E-state index in [0.29, 0.717) is 31.2 Å². The van der Waals surface area contributed by atoms with Gasteiger partial charge in [-0.15, -0.1) is 0 Å². The maximum absolute atomic E-state index is 13.1. The quantitative estimate of drug-likeness (QED) is 0.304. The minimum absolute atomic E-state index is 0.0586. The van der Waals surface area contributed by atoms with Crippen molar-refractivity contribution in [1.29, 1.82) is 5.41 Å². The van der Waals surface area contributed by atoms with Gasteiger partial charge in [-0.05, 0) is 57.9 Å². The smallest absolute Gasteiger partial charge is 0.251 e. The molecule has 0 spiro atoms. The monoisotopic (exact) mass is 446 g/mol. The van der Waals surface area contributed by atoms with E-state index in [0.717, 1.165) is 51.4 Å². The van der Waals surface area contributed by atoms with Gasteiger partial charge in [0.2, 0.25) is 5.91 Å². The van der Waals surface area contributed by atoms with Gasteiger partial charge in [0.1, 0.15) is 17.6 Å². The minimum Gasteiger partial charge on any atom is -0.493 e. The Morgan fingerprint density at radius 2 is 1.94 bits per heavy atom. The Morgan fingerprint density at radius 3 is 2.59 bits per heavy atom. The van der Waals surface area contributed by atoms with E-state index in [1.165, 1.54) is 18.4 Å². The predicted molar refractivity (Wildman–Crippen MR) is 123 cm³/mol. The summed E-state index contributed by atoms with van der Waals surface area (Å²) in [5.41, 5.74) is -0.871. The second-order valence-corrected chi connectivity index (χ2v) is 9.93. The molecule has 2 aliphatic carbocycles. The number of amidine groups is 1. The van der Waals surface area contributed by atoms with Gasteiger partial charge in [0.05, 0.1) is 18.2 Å². The highest BCUT2D eigenvalue weighted by atomic mass is 16.5. The average Bonchev–Trinajstić information content (AvgIpc) is 3.46. The van der Waals surface area contributed by atoms with Crippen molar-refractivity contribution in [3.05, 3.63) is 24.1 Å². The highest BCUT2D eigenvalue weighted by Crippen LogP contribution is 2.32. The fourth-order valence-electron chi connectivity index (χ4n) is 4.71. The molecule has 1 heterocycles. The molecule has 8 nitrogen and oxygen atoms in total. The fraction of sp³-hybridized carbons (Fsp3) is 0.708. The molecule has 4 N–H and O–H groups in total. The number of hydrogen-bond acceptors (Lipinski definition) is 6. The molecule has 0 aromatic heterocycles. The van der Waals surface area contributed by atoms with Crippen LogP contribution < -0.4 is 10.6 Å². The van der Waals surface area contributed by atoms with E-state index in [1.807, 2.05) is 0 Å². The van der Waals surface area contributed by atoms with Crippen LogP contribution in [-0.4, -0.2) is 58.5 Å². The molecule has 0 aromatic carbocycles. The lowest BCUT2D eigenvalue weighted by Gasteiger charge is -2.29. The van der Waals surface area contributed by atoms with Crippen LogP contribution in [0.25, 0.3) is 0 Å². The predicted octanol–water partition coefficient (Wildman–Crippen LogP) is 2.59. The summed E-state index contributed by atoms with van der Waals surface area (Å²) >= 11 is 0. The summed E-state index contributed by atoms with van der Waals surface area (Å²) in [5.74, 6) is 0.480. The number of nitrogens with one attached hydrogen (secondary N) is 3. The Bertz CT molecular complexity index is 744. The molecule has 2 amide bonds. The summed E-state index contributed by atoms with van der Waals surface area (Å²) in [5, 5.41) is 23.3. The maximum atomic E-state index is 13.1. The van der Waals surface area contributed by atoms with E-state index < -0.39 is 11.6 Å². The number of aliphatic hydroxyl groups is 1. The summed E-state index contributed by atoms with van der Waals surface area (Å²) in [6.07, 6.45) is 14.1. The van der Waals surface area contributed by atoms with Crippen LogP contribution >= 0.6 is 0 Å². The number of carbonyl (C=O) groups is 2. The SMILES string of the molecule is CC(C)(O)CN/C=C\C(=N)NC(=O)[C@H](CC1CCCC1)N1CC(OC2CCCC2)=CC1=O.